The molecule has 8 heteroatoms. The maximum absolute atomic E-state index is 13.1. The molecule has 2 rings (SSSR count). The van der Waals surface area contributed by atoms with Crippen molar-refractivity contribution in [3.8, 4) is 5.75 Å². The first kappa shape index (κ1) is 19.1. The first-order valence-electron chi connectivity index (χ1n) is 7.29. The predicted octanol–water partition coefficient (Wildman–Crippen LogP) is 3.03. The van der Waals surface area contributed by atoms with Crippen LogP contribution in [0, 0.1) is 6.92 Å². The molecule has 0 saturated heterocycles. The van der Waals surface area contributed by atoms with Crippen molar-refractivity contribution in [2.75, 3.05) is 25.1 Å². The number of halogens is 1. The van der Waals surface area contributed by atoms with Gasteiger partial charge in [-0.3, -0.25) is 9.10 Å². The monoisotopic (exact) mass is 383 g/mol. The molecule has 0 amide bonds. The Kier molecular flexibility index (Phi) is 5.92. The first-order chi connectivity index (χ1) is 11.8. The smallest absolute Gasteiger partial charge is 0.326 e. The summed E-state index contributed by atoms with van der Waals surface area (Å²) in [6.07, 6.45) is 0. The van der Waals surface area contributed by atoms with E-state index in [9.17, 15) is 13.2 Å². The highest BCUT2D eigenvalue weighted by Gasteiger charge is 2.28. The van der Waals surface area contributed by atoms with Crippen LogP contribution in [0.3, 0.4) is 0 Å². The summed E-state index contributed by atoms with van der Waals surface area (Å²) in [7, 11) is -1.29. The van der Waals surface area contributed by atoms with Gasteiger partial charge in [0.25, 0.3) is 10.0 Å². The number of sulfonamides is 1. The number of carbonyl (C=O) groups is 1. The van der Waals surface area contributed by atoms with Crippen molar-refractivity contribution in [1.82, 2.24) is 0 Å². The maximum atomic E-state index is 13.1. The van der Waals surface area contributed by atoms with Crippen LogP contribution < -0.4 is 9.04 Å². The molecule has 0 spiro atoms. The van der Waals surface area contributed by atoms with Crippen LogP contribution >= 0.6 is 11.6 Å². The lowest BCUT2D eigenvalue weighted by Gasteiger charge is -2.25. The van der Waals surface area contributed by atoms with Crippen molar-refractivity contribution in [3.63, 3.8) is 0 Å². The average molecular weight is 384 g/mol. The van der Waals surface area contributed by atoms with E-state index in [4.69, 9.17) is 16.3 Å². The fourth-order valence-electron chi connectivity index (χ4n) is 2.26. The third-order valence-corrected chi connectivity index (χ3v) is 5.58. The summed E-state index contributed by atoms with van der Waals surface area (Å²) in [5, 5.41) is 0.473. The van der Waals surface area contributed by atoms with Gasteiger partial charge in [0.15, 0.2) is 0 Å². The van der Waals surface area contributed by atoms with Crippen LogP contribution in [-0.2, 0) is 19.6 Å². The summed E-state index contributed by atoms with van der Waals surface area (Å²) in [6.45, 7) is 1.27. The summed E-state index contributed by atoms with van der Waals surface area (Å²) in [5.74, 6) is -0.146. The summed E-state index contributed by atoms with van der Waals surface area (Å²) in [6, 6.07) is 10.7. The Morgan fingerprint density at radius 2 is 1.76 bits per heavy atom. The Hall–Kier alpha value is -2.25. The van der Waals surface area contributed by atoms with Crippen LogP contribution in [0.5, 0.6) is 5.75 Å². The lowest BCUT2D eigenvalue weighted by Crippen LogP contribution is -2.36. The number of methoxy groups -OCH3 is 2. The molecule has 2 aromatic carbocycles. The molecule has 2 aromatic rings. The van der Waals surface area contributed by atoms with E-state index in [0.29, 0.717) is 22.0 Å². The van der Waals surface area contributed by atoms with E-state index in [1.54, 1.807) is 25.1 Å². The van der Waals surface area contributed by atoms with Gasteiger partial charge in [0, 0.05) is 5.02 Å². The van der Waals surface area contributed by atoms with Crippen LogP contribution in [0.25, 0.3) is 0 Å². The van der Waals surface area contributed by atoms with Crippen molar-refractivity contribution in [2.24, 2.45) is 0 Å². The Labute approximate surface area is 152 Å². The molecular weight excluding hydrogens is 366 g/mol. The highest BCUT2D eigenvalue weighted by molar-refractivity contribution is 7.92. The molecule has 6 nitrogen and oxygen atoms in total. The van der Waals surface area contributed by atoms with Gasteiger partial charge in [-0.15, -0.1) is 0 Å². The Bertz CT molecular complexity index is 865. The third-order valence-electron chi connectivity index (χ3n) is 3.58. The first-order valence-corrected chi connectivity index (χ1v) is 9.11. The van der Waals surface area contributed by atoms with Crippen molar-refractivity contribution in [2.45, 2.75) is 11.8 Å². The van der Waals surface area contributed by atoms with Gasteiger partial charge in [0.05, 0.1) is 24.8 Å². The topological polar surface area (TPSA) is 72.9 Å². The summed E-state index contributed by atoms with van der Waals surface area (Å²) < 4.78 is 36.8. The largest absolute Gasteiger partial charge is 0.497 e. The minimum absolute atomic E-state index is 0.0338. The third kappa shape index (κ3) is 4.24. The fourth-order valence-corrected chi connectivity index (χ4v) is 3.96. The van der Waals surface area contributed by atoms with E-state index < -0.39 is 22.5 Å². The van der Waals surface area contributed by atoms with Crippen LogP contribution in [-0.4, -0.2) is 35.2 Å². The van der Waals surface area contributed by atoms with Crippen molar-refractivity contribution < 1.29 is 22.7 Å². The standard InChI is InChI=1S/C17H18ClNO5S/c1-12-10-13(18)4-9-16(12)19(11-17(20)24-3)25(21,22)15-7-5-14(23-2)6-8-15/h4-10H,11H2,1-3H3. The minimum Gasteiger partial charge on any atom is -0.497 e. The highest BCUT2D eigenvalue weighted by atomic mass is 35.5. The highest BCUT2D eigenvalue weighted by Crippen LogP contribution is 2.29. The van der Waals surface area contributed by atoms with Crippen molar-refractivity contribution in [1.29, 1.82) is 0 Å². The van der Waals surface area contributed by atoms with Gasteiger partial charge in [0.2, 0.25) is 0 Å². The zero-order chi connectivity index (χ0) is 18.6. The molecule has 0 saturated carbocycles. The number of aryl methyl sites for hydroxylation is 1. The molecule has 0 N–H and O–H groups in total. The van der Waals surface area contributed by atoms with Crippen LogP contribution in [0.1, 0.15) is 5.56 Å². The SMILES string of the molecule is COC(=O)CN(c1ccc(Cl)cc1C)S(=O)(=O)c1ccc(OC)cc1. The van der Waals surface area contributed by atoms with E-state index in [1.165, 1.54) is 38.5 Å². The molecule has 0 fully saturated rings. The summed E-state index contributed by atoms with van der Waals surface area (Å²) in [4.78, 5) is 11.8. The molecular formula is C17H18ClNO5S. The molecule has 0 aliphatic rings. The number of esters is 1. The van der Waals surface area contributed by atoms with E-state index in [-0.39, 0.29) is 4.90 Å². The van der Waals surface area contributed by atoms with Gasteiger partial charge in [0.1, 0.15) is 12.3 Å². The van der Waals surface area contributed by atoms with E-state index in [0.717, 1.165) is 4.31 Å². The Balaban J connectivity index is 2.54. The van der Waals surface area contributed by atoms with E-state index >= 15 is 0 Å². The number of hydrogen-bond donors (Lipinski definition) is 0. The molecule has 0 aliphatic heterocycles. The van der Waals surface area contributed by atoms with Crippen LogP contribution in [0.4, 0.5) is 5.69 Å². The number of nitrogens with zero attached hydrogens (tertiary/aromatic N) is 1. The molecule has 0 aliphatic carbocycles. The van der Waals surface area contributed by atoms with Crippen LogP contribution in [0.15, 0.2) is 47.4 Å². The van der Waals surface area contributed by atoms with Gasteiger partial charge in [-0.2, -0.15) is 0 Å². The number of rotatable bonds is 6. The lowest BCUT2D eigenvalue weighted by atomic mass is 10.2. The normalized spacial score (nSPS) is 11.0. The summed E-state index contributed by atoms with van der Waals surface area (Å²) >= 11 is 5.95. The van der Waals surface area contributed by atoms with Gasteiger partial charge in [-0.1, -0.05) is 11.6 Å². The van der Waals surface area contributed by atoms with Gasteiger partial charge in [-0.05, 0) is 55.0 Å². The van der Waals surface area contributed by atoms with E-state index in [1.807, 2.05) is 0 Å². The fraction of sp³-hybridized carbons (Fsp3) is 0.235. The molecule has 0 radical (unpaired) electrons. The molecule has 0 bridgehead atoms. The van der Waals surface area contributed by atoms with Crippen LogP contribution in [0.2, 0.25) is 5.02 Å². The molecule has 0 atom stereocenters. The quantitative estimate of drug-likeness (QED) is 0.717. The maximum Gasteiger partial charge on any atom is 0.326 e. The van der Waals surface area contributed by atoms with E-state index in [2.05, 4.69) is 4.74 Å². The average Bonchev–Trinajstić information content (AvgIpc) is 2.60. The number of anilines is 1. The number of benzene rings is 2. The molecule has 0 heterocycles. The second kappa shape index (κ2) is 7.76. The number of hydrogen-bond acceptors (Lipinski definition) is 5. The zero-order valence-electron chi connectivity index (χ0n) is 14.0. The van der Waals surface area contributed by atoms with Gasteiger partial charge < -0.3 is 9.47 Å². The lowest BCUT2D eigenvalue weighted by molar-refractivity contribution is -0.138. The number of carbonyl (C=O) groups excluding carboxylic acids is 1. The predicted molar refractivity (Wildman–Crippen MR) is 95.7 cm³/mol. The molecule has 0 aromatic heterocycles. The van der Waals surface area contributed by atoms with Gasteiger partial charge >= 0.3 is 5.97 Å². The van der Waals surface area contributed by atoms with Crippen molar-refractivity contribution in [3.05, 3.63) is 53.1 Å². The van der Waals surface area contributed by atoms with Crippen molar-refractivity contribution >= 4 is 33.3 Å². The minimum atomic E-state index is -3.99. The number of ether oxygens (including phenoxy) is 2. The second-order valence-corrected chi connectivity index (χ2v) is 7.49. The van der Waals surface area contributed by atoms with Gasteiger partial charge in [-0.25, -0.2) is 8.42 Å². The second-order valence-electron chi connectivity index (χ2n) is 5.19. The molecule has 134 valence electrons. The molecule has 0 unspecified atom stereocenters. The Morgan fingerprint density at radius 3 is 2.28 bits per heavy atom. The summed E-state index contributed by atoms with van der Waals surface area (Å²) in [5.41, 5.74) is 0.971. The Morgan fingerprint density at radius 1 is 1.12 bits per heavy atom. The molecule has 25 heavy (non-hydrogen) atoms. The zero-order valence-corrected chi connectivity index (χ0v) is 15.6.